The summed E-state index contributed by atoms with van der Waals surface area (Å²) < 4.78 is 16.6. The van der Waals surface area contributed by atoms with Crippen molar-refractivity contribution >= 4 is 11.8 Å². The van der Waals surface area contributed by atoms with Crippen molar-refractivity contribution in [2.45, 2.75) is 33.0 Å². The summed E-state index contributed by atoms with van der Waals surface area (Å²) in [5, 5.41) is 3.92. The number of esters is 1. The first-order valence-electron chi connectivity index (χ1n) is 11.0. The summed E-state index contributed by atoms with van der Waals surface area (Å²) in [5.74, 6) is 0.652. The highest BCUT2D eigenvalue weighted by Gasteiger charge is 2.26. The van der Waals surface area contributed by atoms with Gasteiger partial charge in [0.1, 0.15) is 18.1 Å². The van der Waals surface area contributed by atoms with E-state index in [1.165, 1.54) is 0 Å². The van der Waals surface area contributed by atoms with Crippen molar-refractivity contribution in [2.75, 3.05) is 0 Å². The number of aromatic nitrogens is 1. The summed E-state index contributed by atoms with van der Waals surface area (Å²) in [7, 11) is 0. The topological polar surface area (TPSA) is 78.6 Å². The van der Waals surface area contributed by atoms with Crippen LogP contribution < -0.4 is 4.74 Å². The summed E-state index contributed by atoms with van der Waals surface area (Å²) in [6.45, 7) is 4.07. The molecule has 0 aliphatic carbocycles. The van der Waals surface area contributed by atoms with E-state index in [1.54, 1.807) is 60.7 Å². The highest BCUT2D eigenvalue weighted by atomic mass is 16.5. The Bertz CT molecular complexity index is 1230. The lowest BCUT2D eigenvalue weighted by atomic mass is 10.00. The Kier molecular flexibility index (Phi) is 7.18. The average Bonchev–Trinajstić information content (AvgIpc) is 3.19. The van der Waals surface area contributed by atoms with E-state index in [0.717, 1.165) is 22.6 Å². The van der Waals surface area contributed by atoms with Crippen molar-refractivity contribution < 1.29 is 23.6 Å². The molecule has 34 heavy (non-hydrogen) atoms. The molecule has 4 aromatic rings. The minimum atomic E-state index is -1.01. The molecule has 3 aromatic carbocycles. The van der Waals surface area contributed by atoms with Gasteiger partial charge in [-0.1, -0.05) is 78.0 Å². The number of hydrogen-bond acceptors (Lipinski definition) is 6. The van der Waals surface area contributed by atoms with Crippen LogP contribution in [0.25, 0.3) is 0 Å². The average molecular weight is 456 g/mol. The van der Waals surface area contributed by atoms with Crippen LogP contribution in [-0.4, -0.2) is 16.9 Å². The predicted molar refractivity (Wildman–Crippen MR) is 127 cm³/mol. The molecule has 0 N–H and O–H groups in total. The molecule has 0 amide bonds. The van der Waals surface area contributed by atoms with Gasteiger partial charge in [0, 0.05) is 11.1 Å². The van der Waals surface area contributed by atoms with Gasteiger partial charge in [0.2, 0.25) is 5.78 Å². The van der Waals surface area contributed by atoms with Gasteiger partial charge < -0.3 is 14.0 Å². The van der Waals surface area contributed by atoms with Gasteiger partial charge in [-0.2, -0.15) is 0 Å². The molecule has 1 atom stereocenters. The number of aryl methyl sites for hydroxylation is 2. The van der Waals surface area contributed by atoms with Crippen LogP contribution in [0.2, 0.25) is 0 Å². The Morgan fingerprint density at radius 1 is 0.882 bits per heavy atom. The van der Waals surface area contributed by atoms with Crippen LogP contribution >= 0.6 is 0 Å². The first-order chi connectivity index (χ1) is 16.5. The van der Waals surface area contributed by atoms with E-state index in [1.807, 2.05) is 38.1 Å². The lowest BCUT2D eigenvalue weighted by Crippen LogP contribution is -2.21. The molecule has 0 fully saturated rings. The van der Waals surface area contributed by atoms with Crippen molar-refractivity contribution in [3.05, 3.63) is 119 Å². The molecule has 0 saturated carbocycles. The van der Waals surface area contributed by atoms with Crippen LogP contribution in [-0.2, 0) is 22.6 Å². The second kappa shape index (κ2) is 10.6. The van der Waals surface area contributed by atoms with Crippen molar-refractivity contribution in [2.24, 2.45) is 0 Å². The molecule has 1 unspecified atom stereocenters. The van der Waals surface area contributed by atoms with Gasteiger partial charge in [-0.25, -0.2) is 0 Å². The van der Waals surface area contributed by atoms with Gasteiger partial charge in [0.15, 0.2) is 6.10 Å². The summed E-state index contributed by atoms with van der Waals surface area (Å²) in [4.78, 5) is 25.8. The zero-order chi connectivity index (χ0) is 23.9. The van der Waals surface area contributed by atoms with Crippen molar-refractivity contribution in [3.63, 3.8) is 0 Å². The summed E-state index contributed by atoms with van der Waals surface area (Å²) in [6.07, 6.45) is -0.969. The van der Waals surface area contributed by atoms with E-state index in [0.29, 0.717) is 23.5 Å². The maximum absolute atomic E-state index is 13.1. The maximum Gasteiger partial charge on any atom is 0.311 e. The largest absolute Gasteiger partial charge is 0.489 e. The van der Waals surface area contributed by atoms with Crippen LogP contribution in [0.15, 0.2) is 89.5 Å². The van der Waals surface area contributed by atoms with Gasteiger partial charge in [0.05, 0.1) is 17.7 Å². The Balaban J connectivity index is 1.41. The number of Topliss-reactive ketones (excluding diaryl/α,β-unsaturated/α-hetero) is 1. The molecule has 0 spiro atoms. The third-order valence-electron chi connectivity index (χ3n) is 5.48. The molecule has 0 aliphatic rings. The van der Waals surface area contributed by atoms with Gasteiger partial charge in [-0.15, -0.1) is 0 Å². The lowest BCUT2D eigenvalue weighted by Gasteiger charge is -2.17. The molecule has 4 rings (SSSR count). The third kappa shape index (κ3) is 5.59. The van der Waals surface area contributed by atoms with Crippen LogP contribution in [0.4, 0.5) is 0 Å². The quantitative estimate of drug-likeness (QED) is 0.242. The van der Waals surface area contributed by atoms with Gasteiger partial charge in [-0.05, 0) is 31.5 Å². The smallest absolute Gasteiger partial charge is 0.311 e. The van der Waals surface area contributed by atoms with Gasteiger partial charge in [-0.3, -0.25) is 9.59 Å². The van der Waals surface area contributed by atoms with Crippen LogP contribution in [0.1, 0.15) is 44.6 Å². The first kappa shape index (κ1) is 23.0. The number of carbonyl (C=O) groups excluding carboxylic acids is 2. The Hall–Kier alpha value is -4.19. The number of carbonyl (C=O) groups is 2. The zero-order valence-electron chi connectivity index (χ0n) is 19.1. The predicted octanol–water partition coefficient (Wildman–Crippen LogP) is 5.58. The fraction of sp³-hybridized carbons (Fsp3) is 0.179. The highest BCUT2D eigenvalue weighted by molar-refractivity contribution is 6.01. The number of rotatable bonds is 9. The molecule has 1 heterocycles. The van der Waals surface area contributed by atoms with Crippen LogP contribution in [0.3, 0.4) is 0 Å². The fourth-order valence-corrected chi connectivity index (χ4v) is 3.56. The number of ether oxygens (including phenoxy) is 2. The van der Waals surface area contributed by atoms with E-state index in [2.05, 4.69) is 5.16 Å². The Labute approximate surface area is 198 Å². The van der Waals surface area contributed by atoms with Crippen molar-refractivity contribution in [1.29, 1.82) is 0 Å². The van der Waals surface area contributed by atoms with Crippen LogP contribution in [0, 0.1) is 13.8 Å². The van der Waals surface area contributed by atoms with Crippen LogP contribution in [0.5, 0.6) is 5.75 Å². The molecule has 1 aromatic heterocycles. The minimum Gasteiger partial charge on any atom is -0.489 e. The van der Waals surface area contributed by atoms with Crippen molar-refractivity contribution in [1.82, 2.24) is 5.16 Å². The Morgan fingerprint density at radius 2 is 1.53 bits per heavy atom. The first-order valence-corrected chi connectivity index (χ1v) is 11.0. The molecule has 0 saturated heterocycles. The maximum atomic E-state index is 13.1. The molecule has 0 aliphatic heterocycles. The number of nitrogens with zero attached hydrogens (tertiary/aromatic N) is 1. The van der Waals surface area contributed by atoms with E-state index >= 15 is 0 Å². The molecule has 172 valence electrons. The minimum absolute atomic E-state index is 0.0373. The second-order valence-corrected chi connectivity index (χ2v) is 7.92. The van der Waals surface area contributed by atoms with E-state index in [4.69, 9.17) is 14.0 Å². The number of hydrogen-bond donors (Lipinski definition) is 0. The SMILES string of the molecule is Cc1noc(C)c1COc1ccc(CC(=O)OC(C(=O)c2ccccc2)c2ccccc2)cc1. The summed E-state index contributed by atoms with van der Waals surface area (Å²) in [6, 6.07) is 25.1. The molecule has 6 nitrogen and oxygen atoms in total. The standard InChI is InChI=1S/C28H25NO5/c1-19-25(20(2)34-29-19)18-32-24-15-13-21(14-16-24)17-26(30)33-28(23-11-7-4-8-12-23)27(31)22-9-5-3-6-10-22/h3-16,28H,17-18H2,1-2H3. The van der Waals surface area contributed by atoms with E-state index in [-0.39, 0.29) is 12.2 Å². The highest BCUT2D eigenvalue weighted by Crippen LogP contribution is 2.24. The molecular weight excluding hydrogens is 430 g/mol. The lowest BCUT2D eigenvalue weighted by molar-refractivity contribution is -0.146. The third-order valence-corrected chi connectivity index (χ3v) is 5.48. The second-order valence-electron chi connectivity index (χ2n) is 7.92. The fourth-order valence-electron chi connectivity index (χ4n) is 3.56. The van der Waals surface area contributed by atoms with Gasteiger partial charge in [0.25, 0.3) is 0 Å². The molecule has 0 radical (unpaired) electrons. The summed E-state index contributed by atoms with van der Waals surface area (Å²) in [5.41, 5.74) is 3.60. The molecule has 0 bridgehead atoms. The monoisotopic (exact) mass is 455 g/mol. The Morgan fingerprint density at radius 3 is 2.15 bits per heavy atom. The normalized spacial score (nSPS) is 11.6. The van der Waals surface area contributed by atoms with E-state index < -0.39 is 12.1 Å². The van der Waals surface area contributed by atoms with E-state index in [9.17, 15) is 9.59 Å². The summed E-state index contributed by atoms with van der Waals surface area (Å²) >= 11 is 0. The van der Waals surface area contributed by atoms with Crippen molar-refractivity contribution in [3.8, 4) is 5.75 Å². The molecular formula is C28H25NO5. The number of benzene rings is 3. The zero-order valence-corrected chi connectivity index (χ0v) is 19.1. The number of ketones is 1. The van der Waals surface area contributed by atoms with Gasteiger partial charge >= 0.3 is 5.97 Å². The molecule has 6 heteroatoms.